The molecule has 0 bridgehead atoms. The molecule has 3 rings (SSSR count). The number of allylic oxidation sites excluding steroid dienone is 2. The van der Waals surface area contributed by atoms with Crippen molar-refractivity contribution in [2.24, 2.45) is 4.99 Å². The van der Waals surface area contributed by atoms with E-state index >= 15 is 0 Å². The number of anilines is 1. The quantitative estimate of drug-likeness (QED) is 0.839. The van der Waals surface area contributed by atoms with Crippen molar-refractivity contribution in [1.82, 2.24) is 0 Å². The number of aliphatic imine (C=N–C) groups is 1. The van der Waals surface area contributed by atoms with Crippen molar-refractivity contribution in [2.45, 2.75) is 0 Å². The van der Waals surface area contributed by atoms with Gasteiger partial charge in [-0.2, -0.15) is 0 Å². The Hall–Kier alpha value is -2.68. The Bertz CT molecular complexity index is 740. The summed E-state index contributed by atoms with van der Waals surface area (Å²) in [7, 11) is 4.01. The molecule has 0 aliphatic heterocycles. The van der Waals surface area contributed by atoms with Gasteiger partial charge in [0.1, 0.15) is 0 Å². The first-order valence-corrected chi connectivity index (χ1v) is 6.83. The Morgan fingerprint density at radius 2 is 1.52 bits per heavy atom. The number of nitrogens with zero attached hydrogens (tertiary/aromatic N) is 2. The van der Waals surface area contributed by atoms with Gasteiger partial charge in [0.2, 0.25) is 0 Å². The zero-order chi connectivity index (χ0) is 14.8. The second-order valence-corrected chi connectivity index (χ2v) is 5.15. The van der Waals surface area contributed by atoms with Gasteiger partial charge >= 0.3 is 0 Å². The van der Waals surface area contributed by atoms with E-state index < -0.39 is 0 Å². The minimum atomic E-state index is 0.0347. The maximum Gasteiger partial charge on any atom is 0.186 e. The molecule has 2 aromatic carbocycles. The van der Waals surface area contributed by atoms with Crippen LogP contribution >= 0.6 is 0 Å². The van der Waals surface area contributed by atoms with Crippen LogP contribution in [-0.4, -0.2) is 25.6 Å². The molecule has 104 valence electrons. The first-order chi connectivity index (χ1) is 10.1. The maximum atomic E-state index is 11.9. The van der Waals surface area contributed by atoms with Gasteiger partial charge < -0.3 is 4.90 Å². The largest absolute Gasteiger partial charge is 0.378 e. The number of hydrogen-bond acceptors (Lipinski definition) is 3. The topological polar surface area (TPSA) is 32.7 Å². The molecule has 0 heterocycles. The van der Waals surface area contributed by atoms with Gasteiger partial charge in [0.25, 0.3) is 0 Å². The van der Waals surface area contributed by atoms with E-state index in [2.05, 4.69) is 4.99 Å². The van der Waals surface area contributed by atoms with Gasteiger partial charge in [-0.3, -0.25) is 4.79 Å². The summed E-state index contributed by atoms with van der Waals surface area (Å²) in [4.78, 5) is 18.6. The lowest BCUT2D eigenvalue weighted by Crippen LogP contribution is -2.11. The van der Waals surface area contributed by atoms with Crippen molar-refractivity contribution in [3.05, 3.63) is 71.8 Å². The van der Waals surface area contributed by atoms with Crippen molar-refractivity contribution in [2.75, 3.05) is 19.0 Å². The molecule has 1 aliphatic carbocycles. The Balaban J connectivity index is 2.00. The van der Waals surface area contributed by atoms with Crippen LogP contribution in [0.1, 0.15) is 15.9 Å². The minimum Gasteiger partial charge on any atom is -0.378 e. The Labute approximate surface area is 124 Å². The van der Waals surface area contributed by atoms with E-state index in [0.29, 0.717) is 5.56 Å². The Morgan fingerprint density at radius 1 is 0.857 bits per heavy atom. The molecule has 0 fully saturated rings. The molecule has 21 heavy (non-hydrogen) atoms. The molecule has 0 spiro atoms. The molecule has 2 aromatic rings. The molecule has 3 heteroatoms. The van der Waals surface area contributed by atoms with Crippen molar-refractivity contribution >= 4 is 22.9 Å². The van der Waals surface area contributed by atoms with Crippen LogP contribution < -0.4 is 4.90 Å². The van der Waals surface area contributed by atoms with Gasteiger partial charge in [0.15, 0.2) is 5.78 Å². The summed E-state index contributed by atoms with van der Waals surface area (Å²) >= 11 is 0. The van der Waals surface area contributed by atoms with Crippen LogP contribution in [0.3, 0.4) is 0 Å². The number of carbonyl (C=O) groups is 1. The van der Waals surface area contributed by atoms with Gasteiger partial charge in [-0.25, -0.2) is 4.99 Å². The highest BCUT2D eigenvalue weighted by Crippen LogP contribution is 2.22. The lowest BCUT2D eigenvalue weighted by molar-refractivity contribution is 0.104. The van der Waals surface area contributed by atoms with Crippen LogP contribution in [0.15, 0.2) is 65.7 Å². The van der Waals surface area contributed by atoms with Crippen molar-refractivity contribution in [3.8, 4) is 0 Å². The third kappa shape index (κ3) is 2.63. The maximum absolute atomic E-state index is 11.9. The standard InChI is InChI=1S/C18H16N2O/c1-20(2)14-9-7-13(8-10-14)19-17-11-12-18(21)16-6-4-3-5-15(16)17/h3-12H,1-2H3. The van der Waals surface area contributed by atoms with E-state index in [1.165, 1.54) is 0 Å². The summed E-state index contributed by atoms with van der Waals surface area (Å²) in [5, 5.41) is 0. The molecule has 1 aliphatic rings. The van der Waals surface area contributed by atoms with E-state index in [0.717, 1.165) is 22.6 Å². The molecule has 0 saturated carbocycles. The molecule has 0 N–H and O–H groups in total. The predicted molar refractivity (Wildman–Crippen MR) is 86.9 cm³/mol. The SMILES string of the molecule is CN(C)c1ccc(N=C2C=CC(=O)c3ccccc32)cc1. The zero-order valence-electron chi connectivity index (χ0n) is 12.1. The van der Waals surface area contributed by atoms with Crippen LogP contribution in [0, 0.1) is 0 Å². The highest BCUT2D eigenvalue weighted by atomic mass is 16.1. The summed E-state index contributed by atoms with van der Waals surface area (Å²) in [5.74, 6) is 0.0347. The number of rotatable bonds is 2. The first kappa shape index (κ1) is 13.3. The molecule has 0 atom stereocenters. The fraction of sp³-hybridized carbons (Fsp3) is 0.111. The van der Waals surface area contributed by atoms with E-state index in [-0.39, 0.29) is 5.78 Å². The zero-order valence-corrected chi connectivity index (χ0v) is 12.1. The minimum absolute atomic E-state index is 0.0347. The third-order valence-corrected chi connectivity index (χ3v) is 3.48. The summed E-state index contributed by atoms with van der Waals surface area (Å²) in [6, 6.07) is 15.6. The van der Waals surface area contributed by atoms with Crippen molar-refractivity contribution in [3.63, 3.8) is 0 Å². The third-order valence-electron chi connectivity index (χ3n) is 3.48. The van der Waals surface area contributed by atoms with Crippen molar-refractivity contribution < 1.29 is 4.79 Å². The van der Waals surface area contributed by atoms with E-state index in [1.54, 1.807) is 12.2 Å². The fourth-order valence-electron chi connectivity index (χ4n) is 2.32. The number of carbonyl (C=O) groups excluding carboxylic acids is 1. The molecule has 0 aromatic heterocycles. The number of fused-ring (bicyclic) bond motifs is 1. The second kappa shape index (κ2) is 5.37. The summed E-state index contributed by atoms with van der Waals surface area (Å²) in [5.41, 5.74) is 4.44. The fourth-order valence-corrected chi connectivity index (χ4v) is 2.32. The van der Waals surface area contributed by atoms with Gasteiger partial charge in [-0.15, -0.1) is 0 Å². The van der Waals surface area contributed by atoms with Crippen LogP contribution in [0.4, 0.5) is 11.4 Å². The van der Waals surface area contributed by atoms with Gasteiger partial charge in [0, 0.05) is 30.9 Å². The normalized spacial score (nSPS) is 15.1. The lowest BCUT2D eigenvalue weighted by Gasteiger charge is -2.13. The number of benzene rings is 2. The van der Waals surface area contributed by atoms with Crippen molar-refractivity contribution in [1.29, 1.82) is 0 Å². The van der Waals surface area contributed by atoms with E-state index in [1.807, 2.05) is 67.5 Å². The Kier molecular flexibility index (Phi) is 3.40. The summed E-state index contributed by atoms with van der Waals surface area (Å²) < 4.78 is 0. The molecular formula is C18H16N2O. The second-order valence-electron chi connectivity index (χ2n) is 5.15. The summed E-state index contributed by atoms with van der Waals surface area (Å²) in [6.45, 7) is 0. The molecule has 0 amide bonds. The molecule has 0 saturated heterocycles. The monoisotopic (exact) mass is 276 g/mol. The number of ketones is 1. The van der Waals surface area contributed by atoms with Gasteiger partial charge in [-0.05, 0) is 36.4 Å². The van der Waals surface area contributed by atoms with Crippen LogP contribution in [0.2, 0.25) is 0 Å². The smallest absolute Gasteiger partial charge is 0.186 e. The number of hydrogen-bond donors (Lipinski definition) is 0. The van der Waals surface area contributed by atoms with Crippen LogP contribution in [0.25, 0.3) is 0 Å². The van der Waals surface area contributed by atoms with Gasteiger partial charge in [-0.1, -0.05) is 24.3 Å². The lowest BCUT2D eigenvalue weighted by atomic mass is 9.94. The van der Waals surface area contributed by atoms with Gasteiger partial charge in [0.05, 0.1) is 11.4 Å². The van der Waals surface area contributed by atoms with E-state index in [4.69, 9.17) is 0 Å². The predicted octanol–water partition coefficient (Wildman–Crippen LogP) is 3.63. The van der Waals surface area contributed by atoms with Crippen LogP contribution in [-0.2, 0) is 0 Å². The molecular weight excluding hydrogens is 260 g/mol. The molecule has 0 radical (unpaired) electrons. The highest BCUT2D eigenvalue weighted by Gasteiger charge is 2.16. The summed E-state index contributed by atoms with van der Waals surface area (Å²) in [6.07, 6.45) is 3.36. The average molecular weight is 276 g/mol. The first-order valence-electron chi connectivity index (χ1n) is 6.83. The highest BCUT2D eigenvalue weighted by molar-refractivity contribution is 6.24. The molecule has 0 unspecified atom stereocenters. The molecule has 3 nitrogen and oxygen atoms in total. The Morgan fingerprint density at radius 3 is 2.19 bits per heavy atom. The average Bonchev–Trinajstić information content (AvgIpc) is 2.51. The van der Waals surface area contributed by atoms with Crippen LogP contribution in [0.5, 0.6) is 0 Å². The van der Waals surface area contributed by atoms with E-state index in [9.17, 15) is 4.79 Å².